The number of nitrogens with zero attached hydrogens (tertiary/aromatic N) is 2. The molecule has 2 aromatic rings. The molecule has 0 bridgehead atoms. The summed E-state index contributed by atoms with van der Waals surface area (Å²) in [5, 5.41) is 3.29. The third-order valence-electron chi connectivity index (χ3n) is 5.49. The van der Waals surface area contributed by atoms with E-state index in [1.807, 2.05) is 33.8 Å². The van der Waals surface area contributed by atoms with Crippen molar-refractivity contribution in [2.75, 3.05) is 24.2 Å². The van der Waals surface area contributed by atoms with E-state index in [-0.39, 0.29) is 12.5 Å². The number of hydrogen-bond donors (Lipinski definition) is 1. The number of sulfonamides is 1. The number of nitrogens with one attached hydrogen (secondary N) is 1. The number of halogens is 1. The number of carbonyl (C=O) groups excluding carboxylic acids is 2. The van der Waals surface area contributed by atoms with Gasteiger partial charge in [-0.3, -0.25) is 13.9 Å². The van der Waals surface area contributed by atoms with Crippen molar-refractivity contribution in [3.63, 3.8) is 0 Å². The van der Waals surface area contributed by atoms with Crippen LogP contribution in [0.2, 0.25) is 5.02 Å². The van der Waals surface area contributed by atoms with E-state index >= 15 is 0 Å². The van der Waals surface area contributed by atoms with Crippen molar-refractivity contribution >= 4 is 39.1 Å². The van der Waals surface area contributed by atoms with Gasteiger partial charge in [-0.25, -0.2) is 8.42 Å². The summed E-state index contributed by atoms with van der Waals surface area (Å²) in [5.74, 6) is -0.218. The van der Waals surface area contributed by atoms with Gasteiger partial charge in [-0.1, -0.05) is 36.7 Å². The van der Waals surface area contributed by atoms with Crippen LogP contribution in [0.4, 0.5) is 5.69 Å². The zero-order valence-corrected chi connectivity index (χ0v) is 23.5. The highest BCUT2D eigenvalue weighted by Crippen LogP contribution is 2.27. The normalized spacial score (nSPS) is 12.6. The second kappa shape index (κ2) is 12.0. The highest BCUT2D eigenvalue weighted by molar-refractivity contribution is 7.92. The van der Waals surface area contributed by atoms with Crippen LogP contribution in [-0.2, 0) is 26.2 Å². The van der Waals surface area contributed by atoms with Crippen LogP contribution in [0.1, 0.15) is 45.2 Å². The number of ether oxygens (including phenoxy) is 1. The molecule has 8 nitrogen and oxygen atoms in total. The molecule has 2 rings (SSSR count). The second-order valence-electron chi connectivity index (χ2n) is 9.74. The summed E-state index contributed by atoms with van der Waals surface area (Å²) in [5.41, 5.74) is 1.20. The minimum Gasteiger partial charge on any atom is -0.497 e. The zero-order valence-electron chi connectivity index (χ0n) is 22.0. The van der Waals surface area contributed by atoms with Gasteiger partial charge in [0.25, 0.3) is 0 Å². The highest BCUT2D eigenvalue weighted by atomic mass is 35.5. The number of amides is 2. The van der Waals surface area contributed by atoms with Crippen molar-refractivity contribution < 1.29 is 22.7 Å². The lowest BCUT2D eigenvalue weighted by Crippen LogP contribution is -2.55. The Bertz CT molecular complexity index is 1190. The van der Waals surface area contributed by atoms with Crippen LogP contribution in [0.25, 0.3) is 0 Å². The quantitative estimate of drug-likeness (QED) is 0.491. The van der Waals surface area contributed by atoms with Gasteiger partial charge in [0.2, 0.25) is 21.8 Å². The van der Waals surface area contributed by atoms with Crippen LogP contribution in [0, 0.1) is 6.92 Å². The van der Waals surface area contributed by atoms with Gasteiger partial charge in [-0.15, -0.1) is 0 Å². The highest BCUT2D eigenvalue weighted by Gasteiger charge is 2.33. The van der Waals surface area contributed by atoms with Crippen LogP contribution in [0.5, 0.6) is 5.75 Å². The number of methoxy groups -OCH3 is 1. The molecular weight excluding hydrogens is 502 g/mol. The lowest BCUT2D eigenvalue weighted by Gasteiger charge is -2.34. The second-order valence-corrected chi connectivity index (χ2v) is 12.1. The predicted molar refractivity (Wildman–Crippen MR) is 144 cm³/mol. The first-order valence-corrected chi connectivity index (χ1v) is 13.9. The van der Waals surface area contributed by atoms with Gasteiger partial charge >= 0.3 is 0 Å². The minimum absolute atomic E-state index is 0.0955. The lowest BCUT2D eigenvalue weighted by molar-refractivity contribution is -0.141. The molecule has 0 saturated heterocycles. The van der Waals surface area contributed by atoms with Gasteiger partial charge in [0.05, 0.1) is 19.1 Å². The molecule has 2 amide bonds. The summed E-state index contributed by atoms with van der Waals surface area (Å²) in [4.78, 5) is 28.4. The molecule has 1 N–H and O–H groups in total. The molecular formula is C26H36ClN3O5S. The van der Waals surface area contributed by atoms with Crippen LogP contribution >= 0.6 is 11.6 Å². The molecule has 2 aromatic carbocycles. The molecule has 0 saturated carbocycles. The average molecular weight is 538 g/mol. The summed E-state index contributed by atoms with van der Waals surface area (Å²) < 4.78 is 31.9. The van der Waals surface area contributed by atoms with E-state index < -0.39 is 34.1 Å². The maximum atomic E-state index is 13.8. The fourth-order valence-electron chi connectivity index (χ4n) is 3.79. The van der Waals surface area contributed by atoms with Crippen molar-refractivity contribution in [3.8, 4) is 5.75 Å². The van der Waals surface area contributed by atoms with Gasteiger partial charge in [0.1, 0.15) is 18.3 Å². The number of carbonyl (C=O) groups is 2. The molecule has 10 heteroatoms. The Morgan fingerprint density at radius 2 is 1.81 bits per heavy atom. The van der Waals surface area contributed by atoms with Gasteiger partial charge in [0, 0.05) is 17.1 Å². The van der Waals surface area contributed by atoms with E-state index in [0.717, 1.165) is 16.1 Å². The topological polar surface area (TPSA) is 96.0 Å². The zero-order chi connectivity index (χ0) is 27.3. The SMILES string of the molecule is CCC(C(=O)NC(C)(C)C)N(Cc1cccc(OC)c1)C(=O)CN(c1cc(Cl)ccc1C)S(C)(=O)=O. The average Bonchev–Trinajstić information content (AvgIpc) is 2.77. The van der Waals surface area contributed by atoms with Crippen molar-refractivity contribution in [3.05, 3.63) is 58.6 Å². The lowest BCUT2D eigenvalue weighted by atomic mass is 10.1. The maximum absolute atomic E-state index is 13.8. The van der Waals surface area contributed by atoms with Gasteiger partial charge in [-0.05, 0) is 69.5 Å². The first-order chi connectivity index (χ1) is 16.7. The molecule has 0 aliphatic rings. The Hall–Kier alpha value is -2.78. The van der Waals surface area contributed by atoms with Crippen molar-refractivity contribution in [2.24, 2.45) is 0 Å². The molecule has 0 fully saturated rings. The van der Waals surface area contributed by atoms with Crippen LogP contribution in [0.3, 0.4) is 0 Å². The molecule has 0 aliphatic carbocycles. The van der Waals surface area contributed by atoms with Crippen molar-refractivity contribution in [1.29, 1.82) is 0 Å². The minimum atomic E-state index is -3.84. The van der Waals surface area contributed by atoms with E-state index in [2.05, 4.69) is 5.32 Å². The van der Waals surface area contributed by atoms with Crippen LogP contribution < -0.4 is 14.4 Å². The fourth-order valence-corrected chi connectivity index (χ4v) is 4.85. The van der Waals surface area contributed by atoms with Crippen LogP contribution in [-0.4, -0.2) is 56.6 Å². The summed E-state index contributed by atoms with van der Waals surface area (Å²) in [6, 6.07) is 11.2. The standard InChI is InChI=1S/C26H36ClN3O5S/c1-8-22(25(32)28-26(3,4)5)29(16-19-10-9-11-21(14-19)35-6)24(31)17-30(36(7,33)34)23-15-20(27)13-12-18(23)2/h9-15,22H,8,16-17H2,1-7H3,(H,28,32). The van der Waals surface area contributed by atoms with E-state index in [1.54, 1.807) is 44.4 Å². The Morgan fingerprint density at radius 3 is 2.36 bits per heavy atom. The first-order valence-electron chi connectivity index (χ1n) is 11.6. The molecule has 1 atom stereocenters. The largest absolute Gasteiger partial charge is 0.497 e. The van der Waals surface area contributed by atoms with E-state index in [0.29, 0.717) is 28.4 Å². The van der Waals surface area contributed by atoms with Crippen molar-refractivity contribution in [1.82, 2.24) is 10.2 Å². The summed E-state index contributed by atoms with van der Waals surface area (Å²) in [7, 11) is -2.30. The maximum Gasteiger partial charge on any atom is 0.244 e. The molecule has 0 radical (unpaired) electrons. The molecule has 198 valence electrons. The Balaban J connectivity index is 2.52. The predicted octanol–water partition coefficient (Wildman–Crippen LogP) is 4.15. The number of benzene rings is 2. The van der Waals surface area contributed by atoms with Gasteiger partial charge < -0.3 is 15.0 Å². The van der Waals surface area contributed by atoms with Gasteiger partial charge in [0.15, 0.2) is 0 Å². The Kier molecular flexibility index (Phi) is 9.79. The molecule has 0 heterocycles. The van der Waals surface area contributed by atoms with E-state index in [4.69, 9.17) is 16.3 Å². The Morgan fingerprint density at radius 1 is 1.14 bits per heavy atom. The number of anilines is 1. The monoisotopic (exact) mass is 537 g/mol. The number of rotatable bonds is 10. The summed E-state index contributed by atoms with van der Waals surface area (Å²) in [6.45, 7) is 8.75. The fraction of sp³-hybridized carbons (Fsp3) is 0.462. The third kappa shape index (κ3) is 8.13. The summed E-state index contributed by atoms with van der Waals surface area (Å²) >= 11 is 6.14. The van der Waals surface area contributed by atoms with E-state index in [9.17, 15) is 18.0 Å². The first kappa shape index (κ1) is 29.5. The molecule has 1 unspecified atom stereocenters. The van der Waals surface area contributed by atoms with Crippen molar-refractivity contribution in [2.45, 2.75) is 59.2 Å². The molecule has 36 heavy (non-hydrogen) atoms. The Labute approximate surface area is 219 Å². The van der Waals surface area contributed by atoms with Gasteiger partial charge in [-0.2, -0.15) is 0 Å². The smallest absolute Gasteiger partial charge is 0.244 e. The third-order valence-corrected chi connectivity index (χ3v) is 6.85. The molecule has 0 spiro atoms. The summed E-state index contributed by atoms with van der Waals surface area (Å²) in [6.07, 6.45) is 1.38. The van der Waals surface area contributed by atoms with E-state index in [1.165, 1.54) is 11.0 Å². The molecule has 0 aliphatic heterocycles. The number of aryl methyl sites for hydroxylation is 1. The van der Waals surface area contributed by atoms with Crippen LogP contribution in [0.15, 0.2) is 42.5 Å². The number of hydrogen-bond acceptors (Lipinski definition) is 5. The molecule has 0 aromatic heterocycles.